The lowest BCUT2D eigenvalue weighted by molar-refractivity contribution is 0.0240. The zero-order valence-electron chi connectivity index (χ0n) is 17.5. The van der Waals surface area contributed by atoms with E-state index in [9.17, 15) is 9.59 Å². The van der Waals surface area contributed by atoms with Crippen LogP contribution in [-0.2, 0) is 9.47 Å². The van der Waals surface area contributed by atoms with Crippen molar-refractivity contribution in [3.63, 3.8) is 0 Å². The van der Waals surface area contributed by atoms with Crippen LogP contribution >= 0.6 is 11.3 Å². The Labute approximate surface area is 175 Å². The average Bonchev–Trinajstić information content (AvgIpc) is 3.08. The zero-order chi connectivity index (χ0) is 21.2. The summed E-state index contributed by atoms with van der Waals surface area (Å²) in [6.07, 6.45) is -0.265. The standard InChI is InChI=1S/C21H27N3O4S/c1-14-17(15-6-8-16(9-7-15)18(25)27-5)22-19(29-14)23-10-12-24(13-11-23)20(26)28-21(2,3)4/h6-9H,10-13H2,1-5H3. The van der Waals surface area contributed by atoms with E-state index < -0.39 is 5.60 Å². The molecule has 1 amide bonds. The number of hydrogen-bond acceptors (Lipinski definition) is 7. The number of nitrogens with zero attached hydrogens (tertiary/aromatic N) is 3. The molecule has 2 aromatic rings. The van der Waals surface area contributed by atoms with Crippen molar-refractivity contribution in [2.45, 2.75) is 33.3 Å². The molecule has 1 fully saturated rings. The van der Waals surface area contributed by atoms with Gasteiger partial charge < -0.3 is 19.3 Å². The molecule has 0 bridgehead atoms. The van der Waals surface area contributed by atoms with Crippen LogP contribution in [0.15, 0.2) is 24.3 Å². The molecule has 1 saturated heterocycles. The molecule has 0 unspecified atom stereocenters. The molecule has 2 heterocycles. The monoisotopic (exact) mass is 417 g/mol. The number of thiazole rings is 1. The topological polar surface area (TPSA) is 72.0 Å². The molecule has 8 heteroatoms. The molecular weight excluding hydrogens is 390 g/mol. The summed E-state index contributed by atoms with van der Waals surface area (Å²) in [6.45, 7) is 10.3. The fourth-order valence-corrected chi connectivity index (χ4v) is 4.06. The van der Waals surface area contributed by atoms with Crippen molar-refractivity contribution >= 4 is 28.5 Å². The molecule has 0 aliphatic carbocycles. The molecular formula is C21H27N3O4S. The maximum atomic E-state index is 12.2. The Hall–Kier alpha value is -2.61. The van der Waals surface area contributed by atoms with Gasteiger partial charge in [-0.15, -0.1) is 11.3 Å². The van der Waals surface area contributed by atoms with Crippen molar-refractivity contribution in [3.05, 3.63) is 34.7 Å². The molecule has 1 aromatic carbocycles. The number of esters is 1. The maximum absolute atomic E-state index is 12.2. The normalized spacial score (nSPS) is 14.7. The number of carbonyl (C=O) groups excluding carboxylic acids is 2. The van der Waals surface area contributed by atoms with Crippen LogP contribution in [0.2, 0.25) is 0 Å². The van der Waals surface area contributed by atoms with Gasteiger partial charge in [-0.2, -0.15) is 0 Å². The summed E-state index contributed by atoms with van der Waals surface area (Å²) in [4.78, 5) is 33.7. The van der Waals surface area contributed by atoms with Gasteiger partial charge in [-0.3, -0.25) is 0 Å². The maximum Gasteiger partial charge on any atom is 0.410 e. The Balaban J connectivity index is 1.67. The van der Waals surface area contributed by atoms with Crippen molar-refractivity contribution in [1.82, 2.24) is 9.88 Å². The highest BCUT2D eigenvalue weighted by molar-refractivity contribution is 7.16. The summed E-state index contributed by atoms with van der Waals surface area (Å²) in [5, 5.41) is 0.943. The number of amides is 1. The van der Waals surface area contributed by atoms with E-state index in [-0.39, 0.29) is 12.1 Å². The average molecular weight is 418 g/mol. The lowest BCUT2D eigenvalue weighted by Crippen LogP contribution is -2.50. The summed E-state index contributed by atoms with van der Waals surface area (Å²) in [5.41, 5.74) is 1.91. The first-order valence-corrected chi connectivity index (χ1v) is 10.4. The number of aryl methyl sites for hydroxylation is 1. The third-order valence-electron chi connectivity index (χ3n) is 4.57. The van der Waals surface area contributed by atoms with Gasteiger partial charge in [-0.05, 0) is 39.8 Å². The number of piperazine rings is 1. The van der Waals surface area contributed by atoms with Gasteiger partial charge >= 0.3 is 12.1 Å². The number of methoxy groups -OCH3 is 1. The number of carbonyl (C=O) groups is 2. The SMILES string of the molecule is COC(=O)c1ccc(-c2nc(N3CCN(C(=O)OC(C)(C)C)CC3)sc2C)cc1. The van der Waals surface area contributed by atoms with Crippen molar-refractivity contribution in [2.24, 2.45) is 0 Å². The lowest BCUT2D eigenvalue weighted by atomic mass is 10.1. The van der Waals surface area contributed by atoms with Gasteiger partial charge in [0.25, 0.3) is 0 Å². The summed E-state index contributed by atoms with van der Waals surface area (Å²) in [6, 6.07) is 7.27. The highest BCUT2D eigenvalue weighted by atomic mass is 32.1. The van der Waals surface area contributed by atoms with Crippen molar-refractivity contribution in [2.75, 3.05) is 38.2 Å². The number of rotatable bonds is 3. The minimum atomic E-state index is -0.487. The number of benzene rings is 1. The molecule has 0 radical (unpaired) electrons. The van der Waals surface area contributed by atoms with Gasteiger partial charge in [-0.25, -0.2) is 14.6 Å². The van der Waals surface area contributed by atoms with Crippen LogP contribution in [0, 0.1) is 6.92 Å². The molecule has 1 aromatic heterocycles. The molecule has 156 valence electrons. The van der Waals surface area contributed by atoms with Gasteiger partial charge in [0.1, 0.15) is 5.60 Å². The highest BCUT2D eigenvalue weighted by Crippen LogP contribution is 2.33. The molecule has 0 spiro atoms. The Morgan fingerprint density at radius 1 is 1.07 bits per heavy atom. The molecule has 29 heavy (non-hydrogen) atoms. The Bertz CT molecular complexity index is 878. The van der Waals surface area contributed by atoms with E-state index in [4.69, 9.17) is 14.5 Å². The van der Waals surface area contributed by atoms with E-state index in [2.05, 4.69) is 4.90 Å². The van der Waals surface area contributed by atoms with Crippen molar-refractivity contribution in [3.8, 4) is 11.3 Å². The smallest absolute Gasteiger partial charge is 0.410 e. The Morgan fingerprint density at radius 2 is 1.69 bits per heavy atom. The van der Waals surface area contributed by atoms with Gasteiger partial charge in [0.15, 0.2) is 5.13 Å². The van der Waals surface area contributed by atoms with Crippen LogP contribution < -0.4 is 4.90 Å². The van der Waals surface area contributed by atoms with E-state index in [1.165, 1.54) is 7.11 Å². The van der Waals surface area contributed by atoms with Gasteiger partial charge in [0.05, 0.1) is 18.4 Å². The molecule has 7 nitrogen and oxygen atoms in total. The van der Waals surface area contributed by atoms with Gasteiger partial charge in [0, 0.05) is 36.6 Å². The number of aromatic nitrogens is 1. The van der Waals surface area contributed by atoms with Crippen LogP contribution in [0.3, 0.4) is 0 Å². The molecule has 1 aliphatic rings. The first kappa shape index (κ1) is 21.1. The molecule has 0 atom stereocenters. The second kappa shape index (κ2) is 8.41. The lowest BCUT2D eigenvalue weighted by Gasteiger charge is -2.35. The summed E-state index contributed by atoms with van der Waals surface area (Å²) in [7, 11) is 1.37. The van der Waals surface area contributed by atoms with Crippen molar-refractivity contribution in [1.29, 1.82) is 0 Å². The Kier molecular flexibility index (Phi) is 6.12. The van der Waals surface area contributed by atoms with E-state index in [1.807, 2.05) is 39.8 Å². The third kappa shape index (κ3) is 5.06. The van der Waals surface area contributed by atoms with Crippen LogP contribution in [-0.4, -0.2) is 60.8 Å². The van der Waals surface area contributed by atoms with Gasteiger partial charge in [0.2, 0.25) is 0 Å². The summed E-state index contributed by atoms with van der Waals surface area (Å²) < 4.78 is 10.2. The quantitative estimate of drug-likeness (QED) is 0.704. The van der Waals surface area contributed by atoms with E-state index >= 15 is 0 Å². The second-order valence-corrected chi connectivity index (χ2v) is 9.11. The van der Waals surface area contributed by atoms with Crippen LogP contribution in [0.25, 0.3) is 11.3 Å². The fourth-order valence-electron chi connectivity index (χ4n) is 3.07. The second-order valence-electron chi connectivity index (χ2n) is 7.92. The minimum Gasteiger partial charge on any atom is -0.465 e. The Morgan fingerprint density at radius 3 is 2.24 bits per heavy atom. The predicted octanol–water partition coefficient (Wildman–Crippen LogP) is 3.96. The molecule has 0 N–H and O–H groups in total. The highest BCUT2D eigenvalue weighted by Gasteiger charge is 2.27. The molecule has 0 saturated carbocycles. The van der Waals surface area contributed by atoms with Gasteiger partial charge in [-0.1, -0.05) is 12.1 Å². The number of anilines is 1. The first-order chi connectivity index (χ1) is 13.7. The molecule has 3 rings (SSSR count). The number of ether oxygens (including phenoxy) is 2. The zero-order valence-corrected chi connectivity index (χ0v) is 18.3. The number of hydrogen-bond donors (Lipinski definition) is 0. The van der Waals surface area contributed by atoms with Crippen LogP contribution in [0.1, 0.15) is 36.0 Å². The minimum absolute atomic E-state index is 0.265. The fraction of sp³-hybridized carbons (Fsp3) is 0.476. The molecule has 1 aliphatic heterocycles. The first-order valence-electron chi connectivity index (χ1n) is 9.57. The van der Waals surface area contributed by atoms with E-state index in [1.54, 1.807) is 28.4 Å². The van der Waals surface area contributed by atoms with Crippen LogP contribution in [0.4, 0.5) is 9.93 Å². The summed E-state index contributed by atoms with van der Waals surface area (Å²) in [5.74, 6) is -0.352. The van der Waals surface area contributed by atoms with E-state index in [0.717, 1.165) is 21.3 Å². The van der Waals surface area contributed by atoms with E-state index in [0.29, 0.717) is 31.7 Å². The largest absolute Gasteiger partial charge is 0.465 e. The summed E-state index contributed by atoms with van der Waals surface area (Å²) >= 11 is 1.64. The van der Waals surface area contributed by atoms with Crippen molar-refractivity contribution < 1.29 is 19.1 Å². The van der Waals surface area contributed by atoms with Crippen LogP contribution in [0.5, 0.6) is 0 Å². The third-order valence-corrected chi connectivity index (χ3v) is 5.60. The predicted molar refractivity (Wildman–Crippen MR) is 114 cm³/mol.